The van der Waals surface area contributed by atoms with Crippen molar-refractivity contribution in [1.82, 2.24) is 14.5 Å². The Hall–Kier alpha value is -4.37. The van der Waals surface area contributed by atoms with Gasteiger partial charge in [-0.25, -0.2) is 9.78 Å². The number of nitrogens with zero attached hydrogens (tertiary/aromatic N) is 5. The van der Waals surface area contributed by atoms with E-state index in [2.05, 4.69) is 48.5 Å². The molecule has 0 saturated carbocycles. The molecule has 0 unspecified atom stereocenters. The number of nitrogen functional groups attached to an aromatic ring is 1. The fourth-order valence-corrected chi connectivity index (χ4v) is 6.25. The SMILES string of the molecule is CCOC(=O)c1cn(C2CCN(Cc3ccccc3)CC2)c2cc(N3CCN(c4ccccn4)CC3)c(N)cc2c1=O. The van der Waals surface area contributed by atoms with Crippen LogP contribution >= 0.6 is 0 Å². The summed E-state index contributed by atoms with van der Waals surface area (Å²) in [5, 5.41) is 0.459. The van der Waals surface area contributed by atoms with Crippen LogP contribution < -0.4 is 21.0 Å². The molecule has 9 nitrogen and oxygen atoms in total. The number of rotatable bonds is 7. The average molecular weight is 567 g/mol. The van der Waals surface area contributed by atoms with Crippen LogP contribution in [0, 0.1) is 0 Å². The third kappa shape index (κ3) is 5.69. The molecular weight excluding hydrogens is 528 g/mol. The number of hydrogen-bond donors (Lipinski definition) is 1. The molecule has 2 aliphatic rings. The minimum absolute atomic E-state index is 0.0622. The van der Waals surface area contributed by atoms with Crippen molar-refractivity contribution in [2.24, 2.45) is 0 Å². The topological polar surface area (TPSA) is 96.9 Å². The number of piperazine rings is 1. The van der Waals surface area contributed by atoms with Gasteiger partial charge >= 0.3 is 5.97 Å². The largest absolute Gasteiger partial charge is 0.462 e. The van der Waals surface area contributed by atoms with Gasteiger partial charge in [0.15, 0.2) is 0 Å². The van der Waals surface area contributed by atoms with Gasteiger partial charge < -0.3 is 24.8 Å². The Morgan fingerprint density at radius 3 is 2.36 bits per heavy atom. The number of anilines is 3. The molecule has 0 radical (unpaired) electrons. The van der Waals surface area contributed by atoms with E-state index in [1.807, 2.05) is 36.5 Å². The smallest absolute Gasteiger partial charge is 0.343 e. The molecule has 42 heavy (non-hydrogen) atoms. The molecule has 0 atom stereocenters. The molecule has 2 aromatic carbocycles. The third-order valence-electron chi connectivity index (χ3n) is 8.47. The van der Waals surface area contributed by atoms with E-state index in [0.717, 1.165) is 75.7 Å². The maximum absolute atomic E-state index is 13.6. The fraction of sp³-hybridized carbons (Fsp3) is 0.364. The summed E-state index contributed by atoms with van der Waals surface area (Å²) < 4.78 is 7.40. The number of nitrogens with two attached hydrogens (primary N) is 1. The van der Waals surface area contributed by atoms with E-state index < -0.39 is 5.97 Å². The quantitative estimate of drug-likeness (QED) is 0.261. The van der Waals surface area contributed by atoms with Gasteiger partial charge in [0.05, 0.1) is 23.5 Å². The molecule has 4 aromatic rings. The molecular formula is C33H38N6O3. The Morgan fingerprint density at radius 1 is 0.952 bits per heavy atom. The zero-order valence-corrected chi connectivity index (χ0v) is 24.1. The van der Waals surface area contributed by atoms with Gasteiger partial charge in [-0.15, -0.1) is 0 Å². The lowest BCUT2D eigenvalue weighted by atomic mass is 10.0. The minimum atomic E-state index is -0.590. The molecule has 0 aliphatic carbocycles. The van der Waals surface area contributed by atoms with Crippen molar-refractivity contribution in [3.05, 3.63) is 94.4 Å². The maximum Gasteiger partial charge on any atom is 0.343 e. The number of likely N-dealkylation sites (tertiary alicyclic amines) is 1. The summed E-state index contributed by atoms with van der Waals surface area (Å²) in [5.41, 5.74) is 9.90. The first-order chi connectivity index (χ1) is 20.5. The second kappa shape index (κ2) is 12.2. The minimum Gasteiger partial charge on any atom is -0.462 e. The standard InChI is InChI=1S/C33H38N6O3/c1-2-42-33(41)27-23-39(25-11-14-36(15-12-25)22-24-8-4-3-5-9-24)29-21-30(28(34)20-26(29)32(27)40)37-16-18-38(19-17-37)31-10-6-7-13-35-31/h3-10,13,20-21,23,25H,2,11-12,14-19,22,34H2,1H3. The zero-order chi connectivity index (χ0) is 29.1. The number of hydrogen-bond acceptors (Lipinski definition) is 8. The van der Waals surface area contributed by atoms with Crippen molar-refractivity contribution in [1.29, 1.82) is 0 Å². The molecule has 2 saturated heterocycles. The van der Waals surface area contributed by atoms with Crippen molar-refractivity contribution in [3.8, 4) is 0 Å². The molecule has 9 heteroatoms. The number of pyridine rings is 2. The summed E-state index contributed by atoms with van der Waals surface area (Å²) in [7, 11) is 0. The first-order valence-corrected chi connectivity index (χ1v) is 14.8. The van der Waals surface area contributed by atoms with Gasteiger partial charge in [-0.2, -0.15) is 0 Å². The average Bonchev–Trinajstić information content (AvgIpc) is 3.03. The molecule has 218 valence electrons. The molecule has 0 bridgehead atoms. The molecule has 0 spiro atoms. The van der Waals surface area contributed by atoms with E-state index >= 15 is 0 Å². The summed E-state index contributed by atoms with van der Waals surface area (Å²) >= 11 is 0. The van der Waals surface area contributed by atoms with Crippen molar-refractivity contribution < 1.29 is 9.53 Å². The Labute approximate surface area is 246 Å². The van der Waals surface area contributed by atoms with Gasteiger partial charge in [-0.05, 0) is 49.6 Å². The molecule has 2 aromatic heterocycles. The number of aromatic nitrogens is 2. The third-order valence-corrected chi connectivity index (χ3v) is 8.47. The van der Waals surface area contributed by atoms with Gasteiger partial charge in [0, 0.05) is 69.6 Å². The van der Waals surface area contributed by atoms with Gasteiger partial charge in [0.1, 0.15) is 11.4 Å². The molecule has 6 rings (SSSR count). The molecule has 4 heterocycles. The van der Waals surface area contributed by atoms with Crippen molar-refractivity contribution in [3.63, 3.8) is 0 Å². The van der Waals surface area contributed by atoms with Crippen molar-refractivity contribution in [2.75, 3.05) is 61.4 Å². The van der Waals surface area contributed by atoms with Crippen LogP contribution in [0.4, 0.5) is 17.2 Å². The van der Waals surface area contributed by atoms with E-state index in [0.29, 0.717) is 11.1 Å². The van der Waals surface area contributed by atoms with Crippen LogP contribution in [-0.2, 0) is 11.3 Å². The lowest BCUT2D eigenvalue weighted by Gasteiger charge is -2.37. The lowest BCUT2D eigenvalue weighted by Crippen LogP contribution is -2.47. The Balaban J connectivity index is 1.30. The van der Waals surface area contributed by atoms with Gasteiger partial charge in [-0.1, -0.05) is 36.4 Å². The normalized spacial score (nSPS) is 16.6. The zero-order valence-electron chi connectivity index (χ0n) is 24.1. The monoisotopic (exact) mass is 566 g/mol. The summed E-state index contributed by atoms with van der Waals surface area (Å²) in [5.74, 6) is 0.385. The molecule has 2 fully saturated rings. The predicted octanol–water partition coefficient (Wildman–Crippen LogP) is 4.32. The highest BCUT2D eigenvalue weighted by molar-refractivity contribution is 5.96. The van der Waals surface area contributed by atoms with E-state index in [9.17, 15) is 9.59 Å². The van der Waals surface area contributed by atoms with Crippen LogP contribution in [0.15, 0.2) is 77.9 Å². The van der Waals surface area contributed by atoms with Gasteiger partial charge in [0.2, 0.25) is 5.43 Å². The van der Waals surface area contributed by atoms with Crippen LogP contribution in [0.25, 0.3) is 10.9 Å². The first kappa shape index (κ1) is 27.8. The Kier molecular flexibility index (Phi) is 8.10. The summed E-state index contributed by atoms with van der Waals surface area (Å²) in [4.78, 5) is 37.9. The number of fused-ring (bicyclic) bond motifs is 1. The summed E-state index contributed by atoms with van der Waals surface area (Å²) in [6, 6.07) is 20.4. The number of carbonyl (C=O) groups is 1. The van der Waals surface area contributed by atoms with Crippen LogP contribution in [0.2, 0.25) is 0 Å². The highest BCUT2D eigenvalue weighted by Gasteiger charge is 2.27. The van der Waals surface area contributed by atoms with E-state index in [1.54, 1.807) is 19.2 Å². The highest BCUT2D eigenvalue weighted by atomic mass is 16.5. The van der Waals surface area contributed by atoms with Gasteiger partial charge in [0.25, 0.3) is 0 Å². The second-order valence-corrected chi connectivity index (χ2v) is 11.1. The van der Waals surface area contributed by atoms with Crippen molar-refractivity contribution >= 4 is 34.1 Å². The van der Waals surface area contributed by atoms with E-state index in [4.69, 9.17) is 10.5 Å². The highest BCUT2D eigenvalue weighted by Crippen LogP contribution is 2.33. The number of piperidine rings is 1. The lowest BCUT2D eigenvalue weighted by molar-refractivity contribution is 0.0523. The summed E-state index contributed by atoms with van der Waals surface area (Å²) in [6.07, 6.45) is 5.36. The first-order valence-electron chi connectivity index (χ1n) is 14.8. The molecule has 2 aliphatic heterocycles. The Bertz CT molecular complexity index is 1590. The van der Waals surface area contributed by atoms with Gasteiger partial charge in [-0.3, -0.25) is 9.69 Å². The number of esters is 1. The van der Waals surface area contributed by atoms with Crippen LogP contribution in [-0.4, -0.2) is 66.3 Å². The number of carbonyl (C=O) groups excluding carboxylic acids is 1. The maximum atomic E-state index is 13.6. The fourth-order valence-electron chi connectivity index (χ4n) is 6.25. The van der Waals surface area contributed by atoms with Crippen LogP contribution in [0.3, 0.4) is 0 Å². The van der Waals surface area contributed by atoms with Crippen LogP contribution in [0.1, 0.15) is 41.7 Å². The summed E-state index contributed by atoms with van der Waals surface area (Å²) in [6.45, 7) is 7.95. The Morgan fingerprint density at radius 2 is 1.67 bits per heavy atom. The molecule has 0 amide bonds. The number of ether oxygens (including phenoxy) is 1. The van der Waals surface area contributed by atoms with E-state index in [1.165, 1.54) is 5.56 Å². The predicted molar refractivity (Wildman–Crippen MR) is 167 cm³/mol. The second-order valence-electron chi connectivity index (χ2n) is 11.1. The number of benzene rings is 2. The van der Waals surface area contributed by atoms with E-state index in [-0.39, 0.29) is 23.6 Å². The molecule has 2 N–H and O–H groups in total. The van der Waals surface area contributed by atoms with Crippen molar-refractivity contribution in [2.45, 2.75) is 32.4 Å². The van der Waals surface area contributed by atoms with Crippen LogP contribution in [0.5, 0.6) is 0 Å².